The van der Waals surface area contributed by atoms with E-state index in [-0.39, 0.29) is 18.0 Å². The molecule has 0 aromatic rings. The zero-order valence-corrected chi connectivity index (χ0v) is 9.61. The van der Waals surface area contributed by atoms with E-state index < -0.39 is 0 Å². The van der Waals surface area contributed by atoms with E-state index in [1.54, 1.807) is 0 Å². The molecule has 0 bridgehead atoms. The Kier molecular flexibility index (Phi) is 8.04. The summed E-state index contributed by atoms with van der Waals surface area (Å²) in [6.45, 7) is 4.62. The van der Waals surface area contributed by atoms with Crippen molar-refractivity contribution in [2.24, 2.45) is 10.9 Å². The summed E-state index contributed by atoms with van der Waals surface area (Å²) in [5, 5.41) is 24.1. The molecule has 2 unspecified atom stereocenters. The lowest BCUT2D eigenvalue weighted by Crippen LogP contribution is -2.37. The van der Waals surface area contributed by atoms with Gasteiger partial charge in [0.25, 0.3) is 0 Å². The molecule has 0 aliphatic carbocycles. The Morgan fingerprint density at radius 1 is 1.47 bits per heavy atom. The van der Waals surface area contributed by atoms with Crippen LogP contribution in [0, 0.1) is 0 Å². The average molecular weight is 217 g/mol. The first-order valence-corrected chi connectivity index (χ1v) is 5.51. The summed E-state index contributed by atoms with van der Waals surface area (Å²) in [6.07, 6.45) is 2.85. The van der Waals surface area contributed by atoms with Crippen LogP contribution in [0.25, 0.3) is 0 Å². The second-order valence-electron chi connectivity index (χ2n) is 3.75. The number of hydrogen-bond acceptors (Lipinski definition) is 4. The molecule has 0 saturated carbocycles. The number of amidine groups is 1. The number of nitrogens with two attached hydrogens (primary N) is 1. The number of oxime groups is 1. The summed E-state index contributed by atoms with van der Waals surface area (Å²) >= 11 is 0. The topological polar surface area (TPSA) is 90.9 Å². The van der Waals surface area contributed by atoms with Gasteiger partial charge in [-0.05, 0) is 12.8 Å². The summed E-state index contributed by atoms with van der Waals surface area (Å²) in [5.41, 5.74) is 5.41. The molecule has 15 heavy (non-hydrogen) atoms. The Morgan fingerprint density at radius 2 is 2.13 bits per heavy atom. The maximum Gasteiger partial charge on any atom is 0.140 e. The quantitative estimate of drug-likeness (QED) is 0.208. The van der Waals surface area contributed by atoms with E-state index in [2.05, 4.69) is 10.5 Å². The van der Waals surface area contributed by atoms with Gasteiger partial charge in [0.1, 0.15) is 5.84 Å². The molecule has 0 amide bonds. The minimum absolute atomic E-state index is 0.160. The first-order chi connectivity index (χ1) is 7.13. The molecule has 0 rings (SSSR count). The van der Waals surface area contributed by atoms with Crippen molar-refractivity contribution in [2.45, 2.75) is 51.7 Å². The molecule has 0 spiro atoms. The fraction of sp³-hybridized carbons (Fsp3) is 0.900. The molecule has 0 radical (unpaired) electrons. The minimum Gasteiger partial charge on any atom is -0.409 e. The predicted octanol–water partition coefficient (Wildman–Crippen LogP) is 0.652. The fourth-order valence-electron chi connectivity index (χ4n) is 1.39. The normalized spacial score (nSPS) is 16.3. The fourth-order valence-corrected chi connectivity index (χ4v) is 1.39. The van der Waals surface area contributed by atoms with Crippen LogP contribution in [0.15, 0.2) is 5.16 Å². The smallest absolute Gasteiger partial charge is 0.140 e. The van der Waals surface area contributed by atoms with Gasteiger partial charge < -0.3 is 21.4 Å². The second kappa shape index (κ2) is 8.49. The largest absolute Gasteiger partial charge is 0.409 e. The third-order valence-corrected chi connectivity index (χ3v) is 2.34. The molecular formula is C10H23N3O2. The SMILES string of the molecule is CCCC(O)CNC(CC)CC(N)=NO. The molecule has 5 N–H and O–H groups in total. The highest BCUT2D eigenvalue weighted by Crippen LogP contribution is 2.00. The van der Waals surface area contributed by atoms with Crippen molar-refractivity contribution in [3.63, 3.8) is 0 Å². The zero-order chi connectivity index (χ0) is 11.7. The maximum absolute atomic E-state index is 9.51. The van der Waals surface area contributed by atoms with Crippen LogP contribution >= 0.6 is 0 Å². The summed E-state index contributed by atoms with van der Waals surface area (Å²) in [4.78, 5) is 0. The van der Waals surface area contributed by atoms with Gasteiger partial charge in [-0.1, -0.05) is 25.4 Å². The third kappa shape index (κ3) is 7.16. The van der Waals surface area contributed by atoms with E-state index in [9.17, 15) is 5.11 Å². The van der Waals surface area contributed by atoms with Crippen molar-refractivity contribution in [2.75, 3.05) is 6.54 Å². The van der Waals surface area contributed by atoms with Crippen LogP contribution in [0.2, 0.25) is 0 Å². The van der Waals surface area contributed by atoms with E-state index in [0.717, 1.165) is 19.3 Å². The number of nitrogens with one attached hydrogen (secondary N) is 1. The van der Waals surface area contributed by atoms with Crippen LogP contribution < -0.4 is 11.1 Å². The lowest BCUT2D eigenvalue weighted by molar-refractivity contribution is 0.156. The van der Waals surface area contributed by atoms with Gasteiger partial charge >= 0.3 is 0 Å². The van der Waals surface area contributed by atoms with Crippen molar-refractivity contribution >= 4 is 5.84 Å². The Morgan fingerprint density at radius 3 is 2.60 bits per heavy atom. The molecule has 0 aromatic carbocycles. The highest BCUT2D eigenvalue weighted by Gasteiger charge is 2.10. The van der Waals surface area contributed by atoms with Gasteiger partial charge in [-0.2, -0.15) is 0 Å². The first kappa shape index (κ1) is 14.2. The summed E-state index contributed by atoms with van der Waals surface area (Å²) in [5.74, 6) is 0.222. The van der Waals surface area contributed by atoms with Crippen LogP contribution in [0.5, 0.6) is 0 Å². The van der Waals surface area contributed by atoms with Gasteiger partial charge in [-0.25, -0.2) is 0 Å². The number of aliphatic hydroxyl groups is 1. The highest BCUT2D eigenvalue weighted by atomic mass is 16.4. The molecule has 0 aliphatic heterocycles. The Balaban J connectivity index is 3.79. The Hall–Kier alpha value is -0.810. The molecule has 0 aliphatic rings. The number of hydrogen-bond donors (Lipinski definition) is 4. The van der Waals surface area contributed by atoms with Gasteiger partial charge in [0.05, 0.1) is 6.10 Å². The molecule has 90 valence electrons. The lowest BCUT2D eigenvalue weighted by atomic mass is 10.1. The molecule has 0 fully saturated rings. The van der Waals surface area contributed by atoms with E-state index >= 15 is 0 Å². The first-order valence-electron chi connectivity index (χ1n) is 5.51. The van der Waals surface area contributed by atoms with Crippen molar-refractivity contribution in [1.82, 2.24) is 5.32 Å². The Bertz CT molecular complexity index is 186. The highest BCUT2D eigenvalue weighted by molar-refractivity contribution is 5.80. The van der Waals surface area contributed by atoms with Gasteiger partial charge in [-0.3, -0.25) is 0 Å². The third-order valence-electron chi connectivity index (χ3n) is 2.34. The molecule has 0 heterocycles. The number of nitrogens with zero attached hydrogens (tertiary/aromatic N) is 1. The van der Waals surface area contributed by atoms with Gasteiger partial charge in [0.2, 0.25) is 0 Å². The van der Waals surface area contributed by atoms with Crippen LogP contribution in [0.4, 0.5) is 0 Å². The molecule has 5 nitrogen and oxygen atoms in total. The van der Waals surface area contributed by atoms with Crippen molar-refractivity contribution in [1.29, 1.82) is 0 Å². The van der Waals surface area contributed by atoms with Crippen LogP contribution in [0.1, 0.15) is 39.5 Å². The van der Waals surface area contributed by atoms with E-state index in [0.29, 0.717) is 13.0 Å². The van der Waals surface area contributed by atoms with Crippen molar-refractivity contribution in [3.8, 4) is 0 Å². The zero-order valence-electron chi connectivity index (χ0n) is 9.61. The average Bonchev–Trinajstić information content (AvgIpc) is 2.24. The van der Waals surface area contributed by atoms with Gasteiger partial charge in [0.15, 0.2) is 0 Å². The van der Waals surface area contributed by atoms with E-state index in [1.165, 1.54) is 0 Å². The summed E-state index contributed by atoms with van der Waals surface area (Å²) in [7, 11) is 0. The van der Waals surface area contributed by atoms with Crippen LogP contribution in [0.3, 0.4) is 0 Å². The van der Waals surface area contributed by atoms with Gasteiger partial charge in [0, 0.05) is 19.0 Å². The predicted molar refractivity (Wildman–Crippen MR) is 61.0 cm³/mol. The Labute approximate surface area is 91.4 Å². The van der Waals surface area contributed by atoms with Crippen molar-refractivity contribution in [3.05, 3.63) is 0 Å². The lowest BCUT2D eigenvalue weighted by Gasteiger charge is -2.18. The van der Waals surface area contributed by atoms with E-state index in [4.69, 9.17) is 10.9 Å². The minimum atomic E-state index is -0.309. The monoisotopic (exact) mass is 217 g/mol. The molecule has 0 aromatic heterocycles. The molecule has 5 heteroatoms. The number of aliphatic hydroxyl groups excluding tert-OH is 1. The number of rotatable bonds is 8. The van der Waals surface area contributed by atoms with Crippen molar-refractivity contribution < 1.29 is 10.3 Å². The second-order valence-corrected chi connectivity index (χ2v) is 3.75. The molecule has 0 saturated heterocycles. The van der Waals surface area contributed by atoms with E-state index in [1.807, 2.05) is 13.8 Å². The summed E-state index contributed by atoms with van der Waals surface area (Å²) < 4.78 is 0. The summed E-state index contributed by atoms with van der Waals surface area (Å²) in [6, 6.07) is 0.160. The molecule has 2 atom stereocenters. The van der Waals surface area contributed by atoms with Gasteiger partial charge in [-0.15, -0.1) is 0 Å². The maximum atomic E-state index is 9.51. The molecular weight excluding hydrogens is 194 g/mol. The standard InChI is InChI=1S/C10H23N3O2/c1-3-5-9(14)7-12-8(4-2)6-10(11)13-15/h8-9,12,14-15H,3-7H2,1-2H3,(H2,11,13). The van der Waals surface area contributed by atoms with Crippen LogP contribution in [-0.2, 0) is 0 Å². The van der Waals surface area contributed by atoms with Crippen LogP contribution in [-0.4, -0.2) is 34.8 Å².